The third-order valence-corrected chi connectivity index (χ3v) is 6.01. The lowest BCUT2D eigenvalue weighted by Crippen LogP contribution is -2.48. The Morgan fingerprint density at radius 2 is 1.67 bits per heavy atom. The molecule has 178 valence electrons. The lowest BCUT2D eigenvalue weighted by molar-refractivity contribution is -0.130. The minimum absolute atomic E-state index is 0.151. The number of carbonyl (C=O) groups is 2. The fourth-order valence-corrected chi connectivity index (χ4v) is 3.83. The van der Waals surface area contributed by atoms with Gasteiger partial charge in [0, 0.05) is 64.9 Å². The van der Waals surface area contributed by atoms with Crippen LogP contribution in [0, 0.1) is 0 Å². The highest BCUT2D eigenvalue weighted by Crippen LogP contribution is 2.23. The van der Waals surface area contributed by atoms with Gasteiger partial charge in [-0.3, -0.25) is 14.5 Å². The van der Waals surface area contributed by atoms with Crippen molar-refractivity contribution < 1.29 is 14.3 Å². The molecule has 0 bridgehead atoms. The lowest BCUT2D eigenvalue weighted by atomic mass is 10.1. The van der Waals surface area contributed by atoms with Crippen molar-refractivity contribution in [2.45, 2.75) is 6.42 Å². The molecule has 3 rings (SSSR count). The first-order valence-electron chi connectivity index (χ1n) is 11.3. The Labute approximate surface area is 201 Å². The molecule has 2 amide bonds. The number of rotatable bonds is 10. The van der Waals surface area contributed by atoms with Crippen molar-refractivity contribution in [1.82, 2.24) is 20.0 Å². The van der Waals surface area contributed by atoms with E-state index in [0.29, 0.717) is 22.9 Å². The first kappa shape index (κ1) is 25.0. The number of amides is 2. The molecule has 0 saturated carbocycles. The van der Waals surface area contributed by atoms with Crippen molar-refractivity contribution in [2.75, 3.05) is 66.5 Å². The summed E-state index contributed by atoms with van der Waals surface area (Å²) in [5.41, 5.74) is 1.75. The van der Waals surface area contributed by atoms with Gasteiger partial charge in [0.2, 0.25) is 0 Å². The molecule has 1 aliphatic heterocycles. The van der Waals surface area contributed by atoms with Crippen molar-refractivity contribution in [3.05, 3.63) is 64.7 Å². The Morgan fingerprint density at radius 1 is 1.00 bits per heavy atom. The predicted octanol–water partition coefficient (Wildman–Crippen LogP) is 2.40. The Hall–Kier alpha value is -2.61. The zero-order valence-corrected chi connectivity index (χ0v) is 20.2. The summed E-state index contributed by atoms with van der Waals surface area (Å²) in [5, 5.41) is 3.41. The molecule has 0 unspecified atom stereocenters. The molecule has 1 N–H and O–H groups in total. The lowest BCUT2D eigenvalue weighted by Gasteiger charge is -2.34. The molecule has 7 nitrogen and oxygen atoms in total. The summed E-state index contributed by atoms with van der Waals surface area (Å²) in [7, 11) is 3.31. The van der Waals surface area contributed by atoms with Gasteiger partial charge in [-0.25, -0.2) is 0 Å². The smallest absolute Gasteiger partial charge is 0.259 e. The summed E-state index contributed by atoms with van der Waals surface area (Å²) in [6.45, 7) is 6.32. The van der Waals surface area contributed by atoms with Gasteiger partial charge in [-0.15, -0.1) is 0 Å². The van der Waals surface area contributed by atoms with Crippen LogP contribution in [0.5, 0.6) is 5.75 Å². The number of hydrogen-bond acceptors (Lipinski definition) is 5. The molecule has 2 aromatic rings. The molecular formula is C25H33ClN4O3. The monoisotopic (exact) mass is 472 g/mol. The molecule has 0 aliphatic carbocycles. The maximum Gasteiger partial charge on any atom is 0.259 e. The molecule has 0 aromatic heterocycles. The van der Waals surface area contributed by atoms with E-state index >= 15 is 0 Å². The number of likely N-dealkylation sites (N-methyl/N-ethyl adjacent to an activating group) is 1. The molecule has 0 atom stereocenters. The van der Waals surface area contributed by atoms with Gasteiger partial charge >= 0.3 is 0 Å². The minimum atomic E-state index is -0.236. The van der Waals surface area contributed by atoms with Gasteiger partial charge in [-0.2, -0.15) is 0 Å². The van der Waals surface area contributed by atoms with Crippen LogP contribution >= 0.6 is 11.6 Å². The van der Waals surface area contributed by atoms with Crippen LogP contribution in [0.4, 0.5) is 0 Å². The second-order valence-electron chi connectivity index (χ2n) is 8.39. The number of ether oxygens (including phenoxy) is 1. The average Bonchev–Trinajstić information content (AvgIpc) is 2.82. The van der Waals surface area contributed by atoms with E-state index in [1.165, 1.54) is 10.5 Å². The quantitative estimate of drug-likeness (QED) is 0.575. The summed E-state index contributed by atoms with van der Waals surface area (Å²) in [6, 6.07) is 15.4. The van der Waals surface area contributed by atoms with E-state index in [9.17, 15) is 9.59 Å². The molecule has 2 aromatic carbocycles. The van der Waals surface area contributed by atoms with Gasteiger partial charge in [0.1, 0.15) is 5.75 Å². The molecule has 0 spiro atoms. The van der Waals surface area contributed by atoms with E-state index in [2.05, 4.69) is 39.4 Å². The zero-order valence-electron chi connectivity index (χ0n) is 19.4. The van der Waals surface area contributed by atoms with Gasteiger partial charge in [0.25, 0.3) is 11.8 Å². The Bertz CT molecular complexity index is 915. The van der Waals surface area contributed by atoms with Gasteiger partial charge < -0.3 is 19.9 Å². The van der Waals surface area contributed by atoms with E-state index in [1.807, 2.05) is 6.07 Å². The third kappa shape index (κ3) is 8.03. The van der Waals surface area contributed by atoms with E-state index in [4.69, 9.17) is 16.3 Å². The van der Waals surface area contributed by atoms with Crippen LogP contribution < -0.4 is 10.1 Å². The van der Waals surface area contributed by atoms with Crippen molar-refractivity contribution in [2.24, 2.45) is 0 Å². The normalized spacial score (nSPS) is 14.6. The number of benzene rings is 2. The van der Waals surface area contributed by atoms with Gasteiger partial charge in [-0.1, -0.05) is 41.9 Å². The summed E-state index contributed by atoms with van der Waals surface area (Å²) in [6.07, 6.45) is 1.07. The molecular weight excluding hydrogens is 440 g/mol. The highest BCUT2D eigenvalue weighted by atomic mass is 35.5. The topological polar surface area (TPSA) is 65.1 Å². The Morgan fingerprint density at radius 3 is 2.33 bits per heavy atom. The summed E-state index contributed by atoms with van der Waals surface area (Å²) in [5.74, 6) is -0.119. The van der Waals surface area contributed by atoms with Crippen LogP contribution in [-0.2, 0) is 11.2 Å². The maximum absolute atomic E-state index is 12.7. The van der Waals surface area contributed by atoms with Crippen LogP contribution in [0.25, 0.3) is 0 Å². The summed E-state index contributed by atoms with van der Waals surface area (Å²) >= 11 is 6.06. The zero-order chi connectivity index (χ0) is 23.6. The number of carbonyl (C=O) groups excluding carboxylic acids is 2. The van der Waals surface area contributed by atoms with Gasteiger partial charge in [0.05, 0.1) is 5.56 Å². The third-order valence-electron chi connectivity index (χ3n) is 5.78. The first-order chi connectivity index (χ1) is 15.9. The Kier molecular flexibility index (Phi) is 9.54. The molecule has 8 heteroatoms. The van der Waals surface area contributed by atoms with Crippen molar-refractivity contribution >= 4 is 23.4 Å². The highest BCUT2D eigenvalue weighted by Gasteiger charge is 2.18. The largest absolute Gasteiger partial charge is 0.483 e. The van der Waals surface area contributed by atoms with E-state index < -0.39 is 0 Å². The fraction of sp³-hybridized carbons (Fsp3) is 0.440. The predicted molar refractivity (Wildman–Crippen MR) is 131 cm³/mol. The summed E-state index contributed by atoms with van der Waals surface area (Å²) in [4.78, 5) is 30.8. The maximum atomic E-state index is 12.7. The molecule has 0 radical (unpaired) electrons. The summed E-state index contributed by atoms with van der Waals surface area (Å²) < 4.78 is 5.57. The second-order valence-corrected chi connectivity index (χ2v) is 8.83. The Balaban J connectivity index is 1.40. The fourth-order valence-electron chi connectivity index (χ4n) is 3.66. The molecule has 1 saturated heterocycles. The standard InChI is InChI=1S/C25H33ClN4O3/c1-28(2)24(31)19-33-23-18-21(26)8-9-22(23)25(32)27-11-13-30-16-14-29(15-17-30)12-10-20-6-4-3-5-7-20/h3-9,18H,10-17,19H2,1-2H3,(H,27,32). The van der Waals surface area contributed by atoms with E-state index in [-0.39, 0.29) is 18.4 Å². The second kappa shape index (κ2) is 12.6. The van der Waals surface area contributed by atoms with Crippen LogP contribution in [0.2, 0.25) is 5.02 Å². The molecule has 1 heterocycles. The molecule has 1 fully saturated rings. The SMILES string of the molecule is CN(C)C(=O)COc1cc(Cl)ccc1C(=O)NCCN1CCN(CCc2ccccc2)CC1. The van der Waals surface area contributed by atoms with Gasteiger partial charge in [-0.05, 0) is 30.2 Å². The highest BCUT2D eigenvalue weighted by molar-refractivity contribution is 6.30. The number of piperazine rings is 1. The van der Waals surface area contributed by atoms with Crippen molar-refractivity contribution in [3.63, 3.8) is 0 Å². The number of halogens is 1. The van der Waals surface area contributed by atoms with E-state index in [1.54, 1.807) is 32.3 Å². The number of nitrogens with zero attached hydrogens (tertiary/aromatic N) is 3. The average molecular weight is 473 g/mol. The van der Waals surface area contributed by atoms with Crippen molar-refractivity contribution in [1.29, 1.82) is 0 Å². The van der Waals surface area contributed by atoms with E-state index in [0.717, 1.165) is 45.7 Å². The first-order valence-corrected chi connectivity index (χ1v) is 11.7. The number of nitrogens with one attached hydrogen (secondary N) is 1. The molecule has 1 aliphatic rings. The van der Waals surface area contributed by atoms with Crippen LogP contribution in [0.15, 0.2) is 48.5 Å². The van der Waals surface area contributed by atoms with Crippen LogP contribution in [0.3, 0.4) is 0 Å². The minimum Gasteiger partial charge on any atom is -0.483 e. The van der Waals surface area contributed by atoms with Crippen LogP contribution in [-0.4, -0.2) is 93.0 Å². The van der Waals surface area contributed by atoms with Crippen molar-refractivity contribution in [3.8, 4) is 5.75 Å². The van der Waals surface area contributed by atoms with Gasteiger partial charge in [0.15, 0.2) is 6.61 Å². The molecule has 33 heavy (non-hydrogen) atoms. The van der Waals surface area contributed by atoms with Crippen LogP contribution in [0.1, 0.15) is 15.9 Å². The number of hydrogen-bond donors (Lipinski definition) is 1.